The molecule has 0 radical (unpaired) electrons. The fourth-order valence-electron chi connectivity index (χ4n) is 3.30. The Bertz CT molecular complexity index is 906. The van der Waals surface area contributed by atoms with E-state index in [0.717, 1.165) is 35.1 Å². The van der Waals surface area contributed by atoms with Crippen molar-refractivity contribution in [3.63, 3.8) is 0 Å². The van der Waals surface area contributed by atoms with Crippen LogP contribution in [0.2, 0.25) is 0 Å². The van der Waals surface area contributed by atoms with Crippen molar-refractivity contribution in [1.82, 2.24) is 4.98 Å². The summed E-state index contributed by atoms with van der Waals surface area (Å²) in [5, 5.41) is 1.16. The highest BCUT2D eigenvalue weighted by atomic mass is 14.8. The molecule has 1 aromatic heterocycles. The maximum Gasteiger partial charge on any atom is 0.0737 e. The summed E-state index contributed by atoms with van der Waals surface area (Å²) < 4.78 is 0. The molecular formula is C21H20N2. The van der Waals surface area contributed by atoms with Crippen molar-refractivity contribution in [2.75, 3.05) is 6.54 Å². The Morgan fingerprint density at radius 3 is 2.65 bits per heavy atom. The molecule has 2 aromatic carbocycles. The standard InChI is InChI=1S/C21H20N2/c1-21(2)12-16-8-3-5-9-18(16)20(23-14-21)17-11-15-7-4-6-10-19(15)22-13-17/h3-11,13H,12,14H2,1-2H3. The first-order valence-corrected chi connectivity index (χ1v) is 8.10. The van der Waals surface area contributed by atoms with E-state index in [1.165, 1.54) is 11.1 Å². The number of hydrogen-bond donors (Lipinski definition) is 0. The fourth-order valence-corrected chi connectivity index (χ4v) is 3.30. The summed E-state index contributed by atoms with van der Waals surface area (Å²) >= 11 is 0. The zero-order chi connectivity index (χ0) is 15.9. The molecule has 1 aliphatic rings. The van der Waals surface area contributed by atoms with Gasteiger partial charge in [-0.15, -0.1) is 0 Å². The van der Waals surface area contributed by atoms with Crippen molar-refractivity contribution in [1.29, 1.82) is 0 Å². The minimum atomic E-state index is 0.183. The van der Waals surface area contributed by atoms with E-state index in [9.17, 15) is 0 Å². The second-order valence-corrected chi connectivity index (χ2v) is 7.08. The second kappa shape index (κ2) is 5.31. The maximum atomic E-state index is 4.97. The Morgan fingerprint density at radius 1 is 0.957 bits per heavy atom. The van der Waals surface area contributed by atoms with Crippen LogP contribution in [-0.2, 0) is 6.42 Å². The van der Waals surface area contributed by atoms with Gasteiger partial charge in [0.15, 0.2) is 0 Å². The molecule has 23 heavy (non-hydrogen) atoms. The van der Waals surface area contributed by atoms with Crippen molar-refractivity contribution >= 4 is 16.6 Å². The van der Waals surface area contributed by atoms with Gasteiger partial charge in [-0.25, -0.2) is 0 Å². The fraction of sp³-hybridized carbons (Fsp3) is 0.238. The molecule has 0 N–H and O–H groups in total. The van der Waals surface area contributed by atoms with Gasteiger partial charge in [-0.3, -0.25) is 9.98 Å². The topological polar surface area (TPSA) is 25.2 Å². The monoisotopic (exact) mass is 300 g/mol. The van der Waals surface area contributed by atoms with Gasteiger partial charge in [-0.05, 0) is 29.5 Å². The van der Waals surface area contributed by atoms with E-state index in [0.29, 0.717) is 0 Å². The van der Waals surface area contributed by atoms with Crippen LogP contribution in [0.15, 0.2) is 65.8 Å². The molecule has 3 aromatic rings. The zero-order valence-corrected chi connectivity index (χ0v) is 13.6. The van der Waals surface area contributed by atoms with Gasteiger partial charge >= 0.3 is 0 Å². The largest absolute Gasteiger partial charge is 0.283 e. The van der Waals surface area contributed by atoms with Gasteiger partial charge in [-0.2, -0.15) is 0 Å². The minimum Gasteiger partial charge on any atom is -0.283 e. The molecule has 0 saturated heterocycles. The Balaban J connectivity index is 1.90. The van der Waals surface area contributed by atoms with Crippen LogP contribution < -0.4 is 0 Å². The number of para-hydroxylation sites is 1. The molecule has 0 saturated carbocycles. The molecular weight excluding hydrogens is 280 g/mol. The summed E-state index contributed by atoms with van der Waals surface area (Å²) in [6.07, 6.45) is 3.01. The Kier molecular flexibility index (Phi) is 3.26. The molecule has 0 unspecified atom stereocenters. The molecule has 1 aliphatic heterocycles. The van der Waals surface area contributed by atoms with Gasteiger partial charge in [0.2, 0.25) is 0 Å². The molecule has 0 amide bonds. The third-order valence-electron chi connectivity index (χ3n) is 4.47. The van der Waals surface area contributed by atoms with Gasteiger partial charge in [0.1, 0.15) is 0 Å². The van der Waals surface area contributed by atoms with E-state index in [1.807, 2.05) is 18.3 Å². The number of nitrogens with zero attached hydrogens (tertiary/aromatic N) is 2. The molecule has 2 heteroatoms. The first-order valence-electron chi connectivity index (χ1n) is 8.10. The van der Waals surface area contributed by atoms with Crippen LogP contribution in [0.5, 0.6) is 0 Å². The van der Waals surface area contributed by atoms with E-state index in [-0.39, 0.29) is 5.41 Å². The molecule has 0 fully saturated rings. The zero-order valence-electron chi connectivity index (χ0n) is 13.6. The molecule has 0 atom stereocenters. The van der Waals surface area contributed by atoms with E-state index in [4.69, 9.17) is 4.99 Å². The predicted molar refractivity (Wildman–Crippen MR) is 96.2 cm³/mol. The molecule has 0 bridgehead atoms. The number of pyridine rings is 1. The van der Waals surface area contributed by atoms with Crippen molar-refractivity contribution in [2.45, 2.75) is 20.3 Å². The quantitative estimate of drug-likeness (QED) is 0.642. The van der Waals surface area contributed by atoms with E-state index in [1.54, 1.807) is 0 Å². The number of fused-ring (bicyclic) bond motifs is 2. The molecule has 0 spiro atoms. The molecule has 114 valence electrons. The summed E-state index contributed by atoms with van der Waals surface area (Å²) in [6, 6.07) is 19.1. The lowest BCUT2D eigenvalue weighted by Gasteiger charge is -2.20. The number of hydrogen-bond acceptors (Lipinski definition) is 2. The van der Waals surface area contributed by atoms with Crippen molar-refractivity contribution in [2.24, 2.45) is 10.4 Å². The molecule has 2 heterocycles. The van der Waals surface area contributed by atoms with Gasteiger partial charge < -0.3 is 0 Å². The minimum absolute atomic E-state index is 0.183. The predicted octanol–water partition coefficient (Wildman–Crippen LogP) is 4.65. The molecule has 2 nitrogen and oxygen atoms in total. The second-order valence-electron chi connectivity index (χ2n) is 7.08. The average Bonchev–Trinajstić information content (AvgIpc) is 2.69. The average molecular weight is 300 g/mol. The van der Waals surface area contributed by atoms with Crippen LogP contribution in [0.3, 0.4) is 0 Å². The Labute approximate surface area is 136 Å². The summed E-state index contributed by atoms with van der Waals surface area (Å²) in [6.45, 7) is 5.41. The summed E-state index contributed by atoms with van der Waals surface area (Å²) in [5.74, 6) is 0. The lowest BCUT2D eigenvalue weighted by Crippen LogP contribution is -2.17. The van der Waals surface area contributed by atoms with Gasteiger partial charge in [0.25, 0.3) is 0 Å². The summed E-state index contributed by atoms with van der Waals surface area (Å²) in [5.41, 5.74) is 6.01. The lowest BCUT2D eigenvalue weighted by atomic mass is 9.84. The van der Waals surface area contributed by atoms with Crippen LogP contribution in [-0.4, -0.2) is 17.2 Å². The van der Waals surface area contributed by atoms with Gasteiger partial charge in [0.05, 0.1) is 11.2 Å². The highest BCUT2D eigenvalue weighted by Crippen LogP contribution is 2.30. The number of benzene rings is 2. The van der Waals surface area contributed by atoms with Crippen molar-refractivity contribution in [3.8, 4) is 0 Å². The van der Waals surface area contributed by atoms with E-state index < -0.39 is 0 Å². The number of rotatable bonds is 1. The SMILES string of the molecule is CC1(C)CN=C(c2cnc3ccccc3c2)c2ccccc2C1. The summed E-state index contributed by atoms with van der Waals surface area (Å²) in [7, 11) is 0. The molecule has 0 aliphatic carbocycles. The highest BCUT2D eigenvalue weighted by Gasteiger charge is 2.25. The third-order valence-corrected chi connectivity index (χ3v) is 4.47. The molecule has 4 rings (SSSR count). The van der Waals surface area contributed by atoms with Crippen molar-refractivity contribution in [3.05, 3.63) is 77.5 Å². The highest BCUT2D eigenvalue weighted by molar-refractivity contribution is 6.14. The first kappa shape index (κ1) is 14.1. The smallest absolute Gasteiger partial charge is 0.0737 e. The maximum absolute atomic E-state index is 4.97. The van der Waals surface area contributed by atoms with E-state index in [2.05, 4.69) is 61.3 Å². The lowest BCUT2D eigenvalue weighted by molar-refractivity contribution is 0.381. The van der Waals surface area contributed by atoms with Gasteiger partial charge in [-0.1, -0.05) is 56.3 Å². The van der Waals surface area contributed by atoms with Crippen LogP contribution >= 0.6 is 0 Å². The third kappa shape index (κ3) is 2.65. The Hall–Kier alpha value is -2.48. The summed E-state index contributed by atoms with van der Waals surface area (Å²) in [4.78, 5) is 9.59. The van der Waals surface area contributed by atoms with Crippen LogP contribution in [0.1, 0.15) is 30.5 Å². The van der Waals surface area contributed by atoms with Crippen molar-refractivity contribution < 1.29 is 0 Å². The van der Waals surface area contributed by atoms with Crippen LogP contribution in [0, 0.1) is 5.41 Å². The number of aromatic nitrogens is 1. The van der Waals surface area contributed by atoms with Crippen LogP contribution in [0.25, 0.3) is 10.9 Å². The Morgan fingerprint density at radius 2 is 1.74 bits per heavy atom. The normalized spacial score (nSPS) is 16.5. The van der Waals surface area contributed by atoms with E-state index >= 15 is 0 Å². The number of aliphatic imine (C=N–C) groups is 1. The first-order chi connectivity index (χ1) is 11.1. The van der Waals surface area contributed by atoms with Crippen LogP contribution in [0.4, 0.5) is 0 Å². The van der Waals surface area contributed by atoms with Gasteiger partial charge in [0, 0.05) is 29.3 Å².